The summed E-state index contributed by atoms with van der Waals surface area (Å²) in [7, 11) is 0. The molecule has 1 heterocycles. The van der Waals surface area contributed by atoms with E-state index in [9.17, 15) is 14.4 Å². The second-order valence-electron chi connectivity index (χ2n) is 10.6. The van der Waals surface area contributed by atoms with Crippen LogP contribution in [0.4, 0.5) is 0 Å². The van der Waals surface area contributed by atoms with Gasteiger partial charge in [0.1, 0.15) is 0 Å². The smallest absolute Gasteiger partial charge is 0.286 e. The molecule has 2 aliphatic rings. The van der Waals surface area contributed by atoms with Crippen molar-refractivity contribution in [3.8, 4) is 0 Å². The molecule has 0 bridgehead atoms. The van der Waals surface area contributed by atoms with E-state index in [2.05, 4.69) is 20.8 Å². The Hall–Kier alpha value is -2.68. The summed E-state index contributed by atoms with van der Waals surface area (Å²) in [6.45, 7) is 4.02. The van der Waals surface area contributed by atoms with Gasteiger partial charge < -0.3 is 15.1 Å². The molecular weight excluding hydrogens is 488 g/mol. The number of amides is 2. The number of carbonyl (C=O) groups is 3. The van der Waals surface area contributed by atoms with Gasteiger partial charge in [-0.05, 0) is 50.2 Å². The van der Waals surface area contributed by atoms with Crippen molar-refractivity contribution in [1.29, 1.82) is 0 Å². The van der Waals surface area contributed by atoms with Crippen molar-refractivity contribution in [2.75, 3.05) is 0 Å². The molecule has 2 saturated carbocycles. The van der Waals surface area contributed by atoms with Crippen molar-refractivity contribution in [3.05, 3.63) is 41.8 Å². The summed E-state index contributed by atoms with van der Waals surface area (Å²) >= 11 is 1.55. The average Bonchev–Trinajstić information content (AvgIpc) is 3.37. The third-order valence-electron chi connectivity index (χ3n) is 7.23. The number of hydrogen-bond donors (Lipinski definition) is 2. The Morgan fingerprint density at radius 3 is 2.41 bits per heavy atom. The zero-order valence-electron chi connectivity index (χ0n) is 21.8. The van der Waals surface area contributed by atoms with Crippen LogP contribution < -0.4 is 10.6 Å². The van der Waals surface area contributed by atoms with Gasteiger partial charge in [-0.1, -0.05) is 75.9 Å². The molecule has 2 N–H and O–H groups in total. The number of rotatable bonds is 10. The van der Waals surface area contributed by atoms with E-state index in [0.717, 1.165) is 32.1 Å². The van der Waals surface area contributed by atoms with E-state index < -0.39 is 12.0 Å². The van der Waals surface area contributed by atoms with Crippen LogP contribution in [-0.4, -0.2) is 45.1 Å². The SMILES string of the molecule is CC(C)CC(NC(=O)[C@@H]1CCCC[C@@H]1NC(=O)c1ccccc1)C(=O)c1nnc(SC2CCCCC2)o1. The van der Waals surface area contributed by atoms with Crippen LogP contribution in [0.1, 0.15) is 99.1 Å². The van der Waals surface area contributed by atoms with E-state index in [1.807, 2.05) is 32.0 Å². The maximum atomic E-state index is 13.4. The highest BCUT2D eigenvalue weighted by Gasteiger charge is 2.35. The van der Waals surface area contributed by atoms with E-state index in [-0.39, 0.29) is 35.4 Å². The fraction of sp³-hybridized carbons (Fsp3) is 0.607. The Morgan fingerprint density at radius 2 is 1.68 bits per heavy atom. The Balaban J connectivity index is 1.41. The summed E-state index contributed by atoms with van der Waals surface area (Å²) in [5.41, 5.74) is 0.568. The maximum Gasteiger partial charge on any atom is 0.286 e. The van der Waals surface area contributed by atoms with Crippen molar-refractivity contribution >= 4 is 29.4 Å². The van der Waals surface area contributed by atoms with E-state index >= 15 is 0 Å². The highest BCUT2D eigenvalue weighted by atomic mass is 32.2. The molecule has 37 heavy (non-hydrogen) atoms. The van der Waals surface area contributed by atoms with Gasteiger partial charge in [-0.25, -0.2) is 0 Å². The Morgan fingerprint density at radius 1 is 0.973 bits per heavy atom. The van der Waals surface area contributed by atoms with Gasteiger partial charge in [0.25, 0.3) is 17.0 Å². The summed E-state index contributed by atoms with van der Waals surface area (Å²) in [5, 5.41) is 15.0. The van der Waals surface area contributed by atoms with Crippen molar-refractivity contribution in [2.45, 2.75) is 101 Å². The topological polar surface area (TPSA) is 114 Å². The molecule has 1 unspecified atom stereocenters. The molecule has 200 valence electrons. The number of aromatic nitrogens is 2. The van der Waals surface area contributed by atoms with Crippen LogP contribution in [0.15, 0.2) is 40.0 Å². The largest absolute Gasteiger partial charge is 0.408 e. The molecule has 4 rings (SSSR count). The Labute approximate surface area is 223 Å². The van der Waals surface area contributed by atoms with Crippen LogP contribution in [0, 0.1) is 11.8 Å². The van der Waals surface area contributed by atoms with Crippen LogP contribution >= 0.6 is 11.8 Å². The molecule has 1 aromatic carbocycles. The quantitative estimate of drug-likeness (QED) is 0.409. The monoisotopic (exact) mass is 526 g/mol. The number of ketones is 1. The molecule has 1 aromatic heterocycles. The lowest BCUT2D eigenvalue weighted by Gasteiger charge is -2.32. The predicted octanol–water partition coefficient (Wildman–Crippen LogP) is 5.20. The van der Waals surface area contributed by atoms with Crippen molar-refractivity contribution in [3.63, 3.8) is 0 Å². The molecule has 8 nitrogen and oxygen atoms in total. The van der Waals surface area contributed by atoms with Crippen LogP contribution in [0.3, 0.4) is 0 Å². The summed E-state index contributed by atoms with van der Waals surface area (Å²) < 4.78 is 5.74. The lowest BCUT2D eigenvalue weighted by Crippen LogP contribution is -2.52. The van der Waals surface area contributed by atoms with Crippen LogP contribution in [-0.2, 0) is 4.79 Å². The van der Waals surface area contributed by atoms with Gasteiger partial charge in [-0.15, -0.1) is 10.2 Å². The van der Waals surface area contributed by atoms with Crippen LogP contribution in [0.2, 0.25) is 0 Å². The first-order valence-electron chi connectivity index (χ1n) is 13.6. The van der Waals surface area contributed by atoms with E-state index in [1.54, 1.807) is 23.9 Å². The van der Waals surface area contributed by atoms with Gasteiger partial charge in [0, 0.05) is 16.9 Å². The van der Waals surface area contributed by atoms with Crippen molar-refractivity contribution in [2.24, 2.45) is 11.8 Å². The summed E-state index contributed by atoms with van der Waals surface area (Å²) in [6.07, 6.45) is 9.61. The highest BCUT2D eigenvalue weighted by Crippen LogP contribution is 2.33. The number of nitrogens with one attached hydrogen (secondary N) is 2. The first-order valence-corrected chi connectivity index (χ1v) is 14.5. The van der Waals surface area contributed by atoms with Gasteiger partial charge in [0.15, 0.2) is 0 Å². The molecule has 0 saturated heterocycles. The molecule has 2 amide bonds. The first-order chi connectivity index (χ1) is 17.9. The first kappa shape index (κ1) is 27.4. The molecule has 0 spiro atoms. The molecule has 2 fully saturated rings. The zero-order valence-corrected chi connectivity index (χ0v) is 22.6. The van der Waals surface area contributed by atoms with E-state index in [4.69, 9.17) is 4.42 Å². The normalized spacial score (nSPS) is 21.4. The van der Waals surface area contributed by atoms with E-state index in [0.29, 0.717) is 28.9 Å². The van der Waals surface area contributed by atoms with Gasteiger partial charge in [0.05, 0.1) is 12.0 Å². The standard InChI is InChI=1S/C28H38N4O4S/c1-18(2)17-23(24(33)27-31-32-28(36-27)37-20-13-7-4-8-14-20)30-26(35)21-15-9-10-16-22(21)29-25(34)19-11-5-3-6-12-19/h3,5-6,11-12,18,20-23H,4,7-10,13-17H2,1-2H3,(H,29,34)(H,30,35)/t21-,22+,23?/m1/s1. The zero-order chi connectivity index (χ0) is 26.2. The van der Waals surface area contributed by atoms with Crippen molar-refractivity contribution in [1.82, 2.24) is 20.8 Å². The van der Waals surface area contributed by atoms with Gasteiger partial charge in [-0.3, -0.25) is 14.4 Å². The number of hydrogen-bond acceptors (Lipinski definition) is 7. The fourth-order valence-electron chi connectivity index (χ4n) is 5.27. The maximum absolute atomic E-state index is 13.4. The Kier molecular flexibility index (Phi) is 9.77. The lowest BCUT2D eigenvalue weighted by atomic mass is 9.83. The fourth-order valence-corrected chi connectivity index (χ4v) is 6.34. The molecule has 3 atom stereocenters. The minimum Gasteiger partial charge on any atom is -0.408 e. The minimum atomic E-state index is -0.757. The second-order valence-corrected chi connectivity index (χ2v) is 11.9. The minimum absolute atomic E-state index is 0.0539. The second kappa shape index (κ2) is 13.2. The third kappa shape index (κ3) is 7.66. The van der Waals surface area contributed by atoms with Gasteiger partial charge in [0.2, 0.25) is 11.7 Å². The molecule has 2 aliphatic carbocycles. The van der Waals surface area contributed by atoms with Crippen molar-refractivity contribution < 1.29 is 18.8 Å². The molecular formula is C28H38N4O4S. The van der Waals surface area contributed by atoms with E-state index in [1.165, 1.54) is 19.3 Å². The highest BCUT2D eigenvalue weighted by molar-refractivity contribution is 7.99. The van der Waals surface area contributed by atoms with Gasteiger partial charge >= 0.3 is 0 Å². The molecule has 2 aromatic rings. The Bertz CT molecular complexity index is 1050. The number of carbonyl (C=O) groups excluding carboxylic acids is 3. The predicted molar refractivity (Wildman–Crippen MR) is 142 cm³/mol. The van der Waals surface area contributed by atoms with Gasteiger partial charge in [-0.2, -0.15) is 0 Å². The number of benzene rings is 1. The van der Waals surface area contributed by atoms with Crippen LogP contribution in [0.25, 0.3) is 0 Å². The number of nitrogens with zero attached hydrogens (tertiary/aromatic N) is 2. The lowest BCUT2D eigenvalue weighted by molar-refractivity contribution is -0.127. The summed E-state index contributed by atoms with van der Waals surface area (Å²) in [6, 6.07) is 7.98. The molecule has 9 heteroatoms. The molecule has 0 aliphatic heterocycles. The molecule has 0 radical (unpaired) electrons. The summed E-state index contributed by atoms with van der Waals surface area (Å²) in [4.78, 5) is 39.6. The number of Topliss-reactive ketones (excluding diaryl/α,β-unsaturated/α-hetero) is 1. The summed E-state index contributed by atoms with van der Waals surface area (Å²) in [5.74, 6) is -1.04. The number of thioether (sulfide) groups is 1. The third-order valence-corrected chi connectivity index (χ3v) is 8.40. The average molecular weight is 527 g/mol. The van der Waals surface area contributed by atoms with Crippen LogP contribution in [0.5, 0.6) is 0 Å².